The molecule has 0 radical (unpaired) electrons. The van der Waals surface area contributed by atoms with Gasteiger partial charge in [0.2, 0.25) is 0 Å². The third kappa shape index (κ3) is 4.22. The van der Waals surface area contributed by atoms with Crippen LogP contribution in [0.3, 0.4) is 0 Å². The minimum atomic E-state index is -1.82. The Kier molecular flexibility index (Phi) is 5.95. The highest BCUT2D eigenvalue weighted by Gasteiger charge is 2.39. The summed E-state index contributed by atoms with van der Waals surface area (Å²) in [7, 11) is -1.82. The minimum absolute atomic E-state index is 0.151. The van der Waals surface area contributed by atoms with E-state index in [0.29, 0.717) is 22.6 Å². The molecule has 174 valence electrons. The Bertz CT molecular complexity index is 1160. The molecule has 0 saturated carbocycles. The third-order valence-corrected chi connectivity index (χ3v) is 11.9. The fraction of sp³-hybridized carbons (Fsp3) is 0.444. The molecule has 0 amide bonds. The van der Waals surface area contributed by atoms with Gasteiger partial charge in [-0.2, -0.15) is 0 Å². The molecule has 0 aliphatic heterocycles. The molecule has 4 rings (SSSR count). The van der Waals surface area contributed by atoms with Gasteiger partial charge in [0.15, 0.2) is 19.9 Å². The number of ether oxygens (including phenoxy) is 1. The third-order valence-electron chi connectivity index (χ3n) is 7.43. The van der Waals surface area contributed by atoms with Crippen molar-refractivity contribution in [2.75, 3.05) is 6.61 Å². The monoisotopic (exact) mass is 464 g/mol. The maximum Gasteiger partial charge on any atom is 0.308 e. The number of fused-ring (bicyclic) bond motifs is 4. The zero-order valence-electron chi connectivity index (χ0n) is 20.3. The molecule has 0 heterocycles. The van der Waals surface area contributed by atoms with E-state index in [1.54, 1.807) is 24.3 Å². The first-order valence-electron chi connectivity index (χ1n) is 11.6. The topological polar surface area (TPSA) is 69.7 Å². The molecule has 0 aromatic heterocycles. The summed E-state index contributed by atoms with van der Waals surface area (Å²) in [5, 5.41) is 0.165. The van der Waals surface area contributed by atoms with Crippen molar-refractivity contribution in [3.8, 4) is 5.75 Å². The van der Waals surface area contributed by atoms with Crippen molar-refractivity contribution in [1.29, 1.82) is 0 Å². The number of hydrogen-bond acceptors (Lipinski definition) is 5. The first-order valence-corrected chi connectivity index (χ1v) is 14.5. The van der Waals surface area contributed by atoms with Crippen LogP contribution in [0.2, 0.25) is 18.1 Å². The molecule has 2 aromatic carbocycles. The van der Waals surface area contributed by atoms with E-state index in [1.165, 1.54) is 6.92 Å². The van der Waals surface area contributed by atoms with Gasteiger partial charge in [-0.25, -0.2) is 0 Å². The van der Waals surface area contributed by atoms with E-state index in [2.05, 4.69) is 33.9 Å². The lowest BCUT2D eigenvalue weighted by Crippen LogP contribution is -2.42. The second-order valence-electron chi connectivity index (χ2n) is 10.7. The normalized spacial score (nSPS) is 17.8. The number of hydrogen-bond donors (Lipinski definition) is 0. The molecule has 0 fully saturated rings. The summed E-state index contributed by atoms with van der Waals surface area (Å²) in [4.78, 5) is 38.4. The summed E-state index contributed by atoms with van der Waals surface area (Å²) in [6.45, 7) is 13.3. The average Bonchev–Trinajstić information content (AvgIpc) is 2.74. The lowest BCUT2D eigenvalue weighted by Gasteiger charge is -2.38. The van der Waals surface area contributed by atoms with Gasteiger partial charge in [0.1, 0.15) is 5.75 Å². The lowest BCUT2D eigenvalue weighted by molar-refractivity contribution is -0.131. The van der Waals surface area contributed by atoms with Crippen molar-refractivity contribution < 1.29 is 23.5 Å². The molecular formula is C27H32O5Si. The van der Waals surface area contributed by atoms with E-state index in [1.807, 2.05) is 6.07 Å². The van der Waals surface area contributed by atoms with Crippen LogP contribution >= 0.6 is 0 Å². The summed E-state index contributed by atoms with van der Waals surface area (Å²) in [6.07, 6.45) is 2.48. The largest absolute Gasteiger partial charge is 0.426 e. The molecule has 33 heavy (non-hydrogen) atoms. The standard InChI is InChI=1S/C27H32O5Si/c1-16(28)32-22-9-7-8-20-24(22)26(30)23-19-12-10-17(15-31-33(5,6)27(2,3)4)14-18(19)11-13-21(23)25(20)29/h7-9,11,13,17H,10,12,14-15H2,1-6H3/t17-/m1/s1. The molecule has 6 heteroatoms. The first kappa shape index (κ1) is 23.6. The Labute approximate surface area is 196 Å². The molecule has 2 aromatic rings. The number of rotatable bonds is 4. The van der Waals surface area contributed by atoms with E-state index >= 15 is 0 Å². The Morgan fingerprint density at radius 3 is 2.39 bits per heavy atom. The maximum atomic E-state index is 13.6. The molecule has 0 saturated heterocycles. The molecule has 5 nitrogen and oxygen atoms in total. The van der Waals surface area contributed by atoms with Crippen molar-refractivity contribution in [1.82, 2.24) is 0 Å². The van der Waals surface area contributed by atoms with Gasteiger partial charge in [0.25, 0.3) is 0 Å². The summed E-state index contributed by atoms with van der Waals surface area (Å²) in [5.74, 6) is -0.404. The Morgan fingerprint density at radius 1 is 1.03 bits per heavy atom. The minimum Gasteiger partial charge on any atom is -0.426 e. The van der Waals surface area contributed by atoms with Crippen LogP contribution in [-0.2, 0) is 22.1 Å². The highest BCUT2D eigenvalue weighted by atomic mass is 28.4. The van der Waals surface area contributed by atoms with Crippen LogP contribution in [0.4, 0.5) is 0 Å². The van der Waals surface area contributed by atoms with Gasteiger partial charge < -0.3 is 9.16 Å². The van der Waals surface area contributed by atoms with Gasteiger partial charge in [0.05, 0.1) is 5.56 Å². The van der Waals surface area contributed by atoms with E-state index in [0.717, 1.165) is 37.0 Å². The number of carbonyl (C=O) groups excluding carboxylic acids is 3. The number of esters is 1. The van der Waals surface area contributed by atoms with Crippen molar-refractivity contribution in [3.63, 3.8) is 0 Å². The molecule has 0 unspecified atom stereocenters. The summed E-state index contributed by atoms with van der Waals surface area (Å²) < 4.78 is 11.7. The van der Waals surface area contributed by atoms with E-state index in [4.69, 9.17) is 9.16 Å². The second-order valence-corrected chi connectivity index (χ2v) is 15.5. The Hall–Kier alpha value is -2.57. The van der Waals surface area contributed by atoms with Crippen LogP contribution in [0, 0.1) is 5.92 Å². The van der Waals surface area contributed by atoms with Crippen LogP contribution in [0.25, 0.3) is 0 Å². The predicted molar refractivity (Wildman–Crippen MR) is 130 cm³/mol. The van der Waals surface area contributed by atoms with Gasteiger partial charge in [-0.15, -0.1) is 0 Å². The molecule has 2 aliphatic rings. The molecule has 1 atom stereocenters. The quantitative estimate of drug-likeness (QED) is 0.289. The number of carbonyl (C=O) groups is 3. The van der Waals surface area contributed by atoms with Gasteiger partial charge in [-0.3, -0.25) is 14.4 Å². The fourth-order valence-corrected chi connectivity index (χ4v) is 5.61. The highest BCUT2D eigenvalue weighted by molar-refractivity contribution is 6.74. The summed E-state index contributed by atoms with van der Waals surface area (Å²) in [6, 6.07) is 8.61. The highest BCUT2D eigenvalue weighted by Crippen LogP contribution is 2.40. The fourth-order valence-electron chi connectivity index (χ4n) is 4.53. The SMILES string of the molecule is CC(=O)Oc1cccc2c1C(=O)c1c(ccc3c1CC[C@@H](CO[Si](C)(C)C(C)(C)C)C3)C2=O. The van der Waals surface area contributed by atoms with Crippen LogP contribution in [0.5, 0.6) is 5.75 Å². The van der Waals surface area contributed by atoms with E-state index in [-0.39, 0.29) is 27.9 Å². The van der Waals surface area contributed by atoms with Crippen molar-refractivity contribution >= 4 is 25.9 Å². The molecule has 0 bridgehead atoms. The summed E-state index contributed by atoms with van der Waals surface area (Å²) >= 11 is 0. The van der Waals surface area contributed by atoms with Crippen LogP contribution in [0.15, 0.2) is 30.3 Å². The molecular weight excluding hydrogens is 432 g/mol. The van der Waals surface area contributed by atoms with E-state index < -0.39 is 14.3 Å². The Balaban J connectivity index is 1.65. The van der Waals surface area contributed by atoms with E-state index in [9.17, 15) is 14.4 Å². The van der Waals surface area contributed by atoms with Gasteiger partial charge in [0, 0.05) is 30.2 Å². The predicted octanol–water partition coefficient (Wildman–Crippen LogP) is 5.51. The van der Waals surface area contributed by atoms with Gasteiger partial charge in [-0.05, 0) is 66.6 Å². The van der Waals surface area contributed by atoms with Gasteiger partial charge >= 0.3 is 5.97 Å². The van der Waals surface area contributed by atoms with Crippen LogP contribution < -0.4 is 4.74 Å². The molecule has 0 N–H and O–H groups in total. The second kappa shape index (κ2) is 8.33. The molecule has 2 aliphatic carbocycles. The molecule has 0 spiro atoms. The zero-order valence-corrected chi connectivity index (χ0v) is 21.3. The maximum absolute atomic E-state index is 13.6. The number of ketones is 2. The number of benzene rings is 2. The average molecular weight is 465 g/mol. The first-order chi connectivity index (χ1) is 15.4. The van der Waals surface area contributed by atoms with Crippen molar-refractivity contribution in [2.24, 2.45) is 5.92 Å². The van der Waals surface area contributed by atoms with Crippen molar-refractivity contribution in [3.05, 3.63) is 63.7 Å². The lowest BCUT2D eigenvalue weighted by atomic mass is 9.75. The summed E-state index contributed by atoms with van der Waals surface area (Å²) in [5.41, 5.74) is 3.48. The Morgan fingerprint density at radius 2 is 1.73 bits per heavy atom. The van der Waals surface area contributed by atoms with Gasteiger partial charge in [-0.1, -0.05) is 39.0 Å². The van der Waals surface area contributed by atoms with Crippen LogP contribution in [0.1, 0.15) is 77.1 Å². The van der Waals surface area contributed by atoms with Crippen LogP contribution in [-0.4, -0.2) is 32.5 Å². The smallest absolute Gasteiger partial charge is 0.308 e. The zero-order chi connectivity index (χ0) is 24.1. The van der Waals surface area contributed by atoms with Crippen molar-refractivity contribution in [2.45, 2.75) is 65.1 Å².